The smallest absolute Gasteiger partial charge is 0.253 e. The number of methoxy groups -OCH3 is 1. The predicted octanol–water partition coefficient (Wildman–Crippen LogP) is 1.93. The molecule has 5 nitrogen and oxygen atoms in total. The molecule has 22 heavy (non-hydrogen) atoms. The van der Waals surface area contributed by atoms with Gasteiger partial charge < -0.3 is 19.7 Å². The van der Waals surface area contributed by atoms with Crippen molar-refractivity contribution in [3.05, 3.63) is 29.8 Å². The Kier molecular flexibility index (Phi) is 6.68. The first-order valence-electron chi connectivity index (χ1n) is 7.93. The number of carbonyl (C=O) groups excluding carboxylic acids is 1. The standard InChI is InChI=1S/C17H26N2O3/c1-18-15-8-10-19(11-9-15)17(20)14-4-6-16(7-5-14)22-13-3-12-21-2/h4-7,15,18H,3,8-13H2,1-2H3. The van der Waals surface area contributed by atoms with Crippen LogP contribution >= 0.6 is 0 Å². The Hall–Kier alpha value is -1.59. The average molecular weight is 306 g/mol. The number of ether oxygens (including phenoxy) is 2. The third kappa shape index (κ3) is 4.71. The van der Waals surface area contributed by atoms with Crippen molar-refractivity contribution in [1.82, 2.24) is 10.2 Å². The van der Waals surface area contributed by atoms with E-state index in [1.807, 2.05) is 36.2 Å². The Balaban J connectivity index is 1.83. The minimum Gasteiger partial charge on any atom is -0.494 e. The average Bonchev–Trinajstić information content (AvgIpc) is 2.59. The number of hydrogen-bond acceptors (Lipinski definition) is 4. The minimum absolute atomic E-state index is 0.112. The Morgan fingerprint density at radius 1 is 1.23 bits per heavy atom. The van der Waals surface area contributed by atoms with Crippen molar-refractivity contribution in [2.75, 3.05) is 40.5 Å². The van der Waals surface area contributed by atoms with Gasteiger partial charge in [0.15, 0.2) is 0 Å². The third-order valence-electron chi connectivity index (χ3n) is 4.05. The van der Waals surface area contributed by atoms with Gasteiger partial charge in [0.1, 0.15) is 5.75 Å². The van der Waals surface area contributed by atoms with Gasteiger partial charge >= 0.3 is 0 Å². The predicted molar refractivity (Wildman–Crippen MR) is 86.4 cm³/mol. The number of amides is 1. The molecule has 0 atom stereocenters. The van der Waals surface area contributed by atoms with Crippen LogP contribution in [0.25, 0.3) is 0 Å². The maximum atomic E-state index is 12.5. The number of benzene rings is 1. The van der Waals surface area contributed by atoms with Crippen molar-refractivity contribution in [3.63, 3.8) is 0 Å². The van der Waals surface area contributed by atoms with Crippen LogP contribution < -0.4 is 10.1 Å². The molecular weight excluding hydrogens is 280 g/mol. The van der Waals surface area contributed by atoms with Crippen molar-refractivity contribution < 1.29 is 14.3 Å². The Morgan fingerprint density at radius 3 is 2.50 bits per heavy atom. The van der Waals surface area contributed by atoms with Gasteiger partial charge in [0.05, 0.1) is 6.61 Å². The van der Waals surface area contributed by atoms with Crippen LogP contribution in [-0.2, 0) is 4.74 Å². The lowest BCUT2D eigenvalue weighted by molar-refractivity contribution is 0.0707. The molecule has 1 aliphatic rings. The second-order valence-corrected chi connectivity index (χ2v) is 5.57. The van der Waals surface area contributed by atoms with E-state index in [1.165, 1.54) is 0 Å². The number of nitrogens with one attached hydrogen (secondary N) is 1. The molecule has 1 aliphatic heterocycles. The van der Waals surface area contributed by atoms with Gasteiger partial charge in [-0.2, -0.15) is 0 Å². The minimum atomic E-state index is 0.112. The normalized spacial score (nSPS) is 15.8. The molecular formula is C17H26N2O3. The van der Waals surface area contributed by atoms with E-state index in [4.69, 9.17) is 9.47 Å². The molecule has 0 spiro atoms. The molecule has 0 aromatic heterocycles. The Morgan fingerprint density at radius 2 is 1.91 bits per heavy atom. The first-order chi connectivity index (χ1) is 10.7. The largest absolute Gasteiger partial charge is 0.494 e. The van der Waals surface area contributed by atoms with Crippen molar-refractivity contribution in [3.8, 4) is 5.75 Å². The Labute approximate surface area is 132 Å². The molecule has 1 saturated heterocycles. The summed E-state index contributed by atoms with van der Waals surface area (Å²) in [5.74, 6) is 0.905. The molecule has 1 aromatic rings. The van der Waals surface area contributed by atoms with Crippen molar-refractivity contribution >= 4 is 5.91 Å². The van der Waals surface area contributed by atoms with E-state index in [2.05, 4.69) is 5.32 Å². The number of rotatable bonds is 7. The molecule has 1 N–H and O–H groups in total. The van der Waals surface area contributed by atoms with Gasteiger partial charge in [-0.1, -0.05) is 0 Å². The Bertz CT molecular complexity index is 453. The molecule has 5 heteroatoms. The van der Waals surface area contributed by atoms with Gasteiger partial charge in [0.25, 0.3) is 5.91 Å². The molecule has 0 bridgehead atoms. The maximum Gasteiger partial charge on any atom is 0.253 e. The first-order valence-corrected chi connectivity index (χ1v) is 7.93. The molecule has 0 radical (unpaired) electrons. The van der Waals surface area contributed by atoms with E-state index in [1.54, 1.807) is 7.11 Å². The number of likely N-dealkylation sites (tertiary alicyclic amines) is 1. The van der Waals surface area contributed by atoms with Crippen molar-refractivity contribution in [2.24, 2.45) is 0 Å². The molecule has 0 unspecified atom stereocenters. The molecule has 1 amide bonds. The SMILES string of the molecule is CNC1CCN(C(=O)c2ccc(OCCCOC)cc2)CC1. The van der Waals surface area contributed by atoms with Crippen LogP contribution in [0.15, 0.2) is 24.3 Å². The van der Waals surface area contributed by atoms with E-state index >= 15 is 0 Å². The summed E-state index contributed by atoms with van der Waals surface area (Å²) in [5, 5.41) is 3.28. The van der Waals surface area contributed by atoms with Crippen LogP contribution in [0.4, 0.5) is 0 Å². The van der Waals surface area contributed by atoms with E-state index in [0.717, 1.165) is 43.7 Å². The molecule has 0 saturated carbocycles. The van der Waals surface area contributed by atoms with Crippen molar-refractivity contribution in [1.29, 1.82) is 0 Å². The highest BCUT2D eigenvalue weighted by atomic mass is 16.5. The summed E-state index contributed by atoms with van der Waals surface area (Å²) in [6, 6.07) is 7.95. The monoisotopic (exact) mass is 306 g/mol. The highest BCUT2D eigenvalue weighted by Gasteiger charge is 2.22. The third-order valence-corrected chi connectivity index (χ3v) is 4.05. The highest BCUT2D eigenvalue weighted by molar-refractivity contribution is 5.94. The molecule has 122 valence electrons. The zero-order valence-electron chi connectivity index (χ0n) is 13.5. The van der Waals surface area contributed by atoms with E-state index in [-0.39, 0.29) is 5.91 Å². The molecule has 1 aromatic carbocycles. The molecule has 0 aliphatic carbocycles. The fraction of sp³-hybridized carbons (Fsp3) is 0.588. The summed E-state index contributed by atoms with van der Waals surface area (Å²) in [6.07, 6.45) is 2.89. The van der Waals surface area contributed by atoms with Crippen LogP contribution in [0, 0.1) is 0 Å². The summed E-state index contributed by atoms with van der Waals surface area (Å²) in [7, 11) is 3.66. The summed E-state index contributed by atoms with van der Waals surface area (Å²) >= 11 is 0. The van der Waals surface area contributed by atoms with Crippen LogP contribution in [0.3, 0.4) is 0 Å². The first kappa shape index (κ1) is 16.8. The number of carbonyl (C=O) groups is 1. The summed E-state index contributed by atoms with van der Waals surface area (Å²) < 4.78 is 10.6. The highest BCUT2D eigenvalue weighted by Crippen LogP contribution is 2.17. The van der Waals surface area contributed by atoms with E-state index < -0.39 is 0 Å². The van der Waals surface area contributed by atoms with E-state index in [0.29, 0.717) is 19.3 Å². The molecule has 1 heterocycles. The molecule has 2 rings (SSSR count). The fourth-order valence-electron chi connectivity index (χ4n) is 2.64. The fourth-order valence-corrected chi connectivity index (χ4v) is 2.64. The lowest BCUT2D eigenvalue weighted by atomic mass is 10.0. The van der Waals surface area contributed by atoms with Crippen molar-refractivity contribution in [2.45, 2.75) is 25.3 Å². The van der Waals surface area contributed by atoms with Gasteiger partial charge in [-0.3, -0.25) is 4.79 Å². The summed E-state index contributed by atoms with van der Waals surface area (Å²) in [5.41, 5.74) is 0.729. The van der Waals surface area contributed by atoms with Crippen LogP contribution in [0.1, 0.15) is 29.6 Å². The van der Waals surface area contributed by atoms with Gasteiger partial charge in [0.2, 0.25) is 0 Å². The quantitative estimate of drug-likeness (QED) is 0.782. The van der Waals surface area contributed by atoms with Gasteiger partial charge in [-0.15, -0.1) is 0 Å². The maximum absolute atomic E-state index is 12.5. The number of piperidine rings is 1. The van der Waals surface area contributed by atoms with Crippen LogP contribution in [0.2, 0.25) is 0 Å². The van der Waals surface area contributed by atoms with E-state index in [9.17, 15) is 4.79 Å². The lowest BCUT2D eigenvalue weighted by Crippen LogP contribution is -2.43. The van der Waals surface area contributed by atoms with Gasteiger partial charge in [-0.05, 0) is 44.2 Å². The lowest BCUT2D eigenvalue weighted by Gasteiger charge is -2.31. The topological polar surface area (TPSA) is 50.8 Å². The van der Waals surface area contributed by atoms with Gasteiger partial charge in [-0.25, -0.2) is 0 Å². The summed E-state index contributed by atoms with van der Waals surface area (Å²) in [6.45, 7) is 2.96. The number of hydrogen-bond donors (Lipinski definition) is 1. The molecule has 1 fully saturated rings. The second-order valence-electron chi connectivity index (χ2n) is 5.57. The van der Waals surface area contributed by atoms with Gasteiger partial charge in [0, 0.05) is 44.8 Å². The van der Waals surface area contributed by atoms with Crippen LogP contribution in [0.5, 0.6) is 5.75 Å². The summed E-state index contributed by atoms with van der Waals surface area (Å²) in [4.78, 5) is 14.4. The number of nitrogens with zero attached hydrogens (tertiary/aromatic N) is 1. The zero-order valence-corrected chi connectivity index (χ0v) is 13.5. The second kappa shape index (κ2) is 8.76. The van der Waals surface area contributed by atoms with Crippen LogP contribution in [-0.4, -0.2) is 57.3 Å². The zero-order chi connectivity index (χ0) is 15.8.